The number of nitrogens with zero attached hydrogens (tertiary/aromatic N) is 2. The van der Waals surface area contributed by atoms with Gasteiger partial charge in [-0.05, 0) is 31.4 Å². The Morgan fingerprint density at radius 3 is 2.93 bits per heavy atom. The van der Waals surface area contributed by atoms with Crippen LogP contribution in [-0.2, 0) is 24.2 Å². The minimum Gasteiger partial charge on any atom is -0.497 e. The molecular weight excluding hydrogens is 376 g/mol. The van der Waals surface area contributed by atoms with Crippen molar-refractivity contribution in [2.45, 2.75) is 30.8 Å². The number of methoxy groups -OCH3 is 1. The van der Waals surface area contributed by atoms with Gasteiger partial charge in [-0.15, -0.1) is 0 Å². The van der Waals surface area contributed by atoms with Gasteiger partial charge >= 0.3 is 5.69 Å². The number of quaternary nitrogens is 1. The molecule has 0 fully saturated rings. The fraction of sp³-hybridized carbons (Fsp3) is 0.450. The van der Waals surface area contributed by atoms with Crippen molar-refractivity contribution in [3.8, 4) is 5.75 Å². The number of hydrogen-bond donors (Lipinski definition) is 2. The molecule has 0 radical (unpaired) electrons. The van der Waals surface area contributed by atoms with Crippen LogP contribution >= 0.6 is 11.8 Å². The Bertz CT molecular complexity index is 911. The summed E-state index contributed by atoms with van der Waals surface area (Å²) in [6.45, 7) is 1.56. The van der Waals surface area contributed by atoms with E-state index in [0.29, 0.717) is 23.0 Å². The fourth-order valence-corrected chi connectivity index (χ4v) is 4.18. The first-order valence-electron chi connectivity index (χ1n) is 9.46. The summed E-state index contributed by atoms with van der Waals surface area (Å²) in [6.07, 6.45) is 2.84. The summed E-state index contributed by atoms with van der Waals surface area (Å²) in [7, 11) is 5.73. The van der Waals surface area contributed by atoms with Crippen molar-refractivity contribution in [1.82, 2.24) is 9.55 Å². The average molecular weight is 404 g/mol. The van der Waals surface area contributed by atoms with Gasteiger partial charge in [-0.25, -0.2) is 4.79 Å². The van der Waals surface area contributed by atoms with E-state index in [0.717, 1.165) is 37.1 Å². The van der Waals surface area contributed by atoms with Crippen molar-refractivity contribution in [1.29, 1.82) is 0 Å². The van der Waals surface area contributed by atoms with Crippen LogP contribution < -0.4 is 20.6 Å². The highest BCUT2D eigenvalue weighted by molar-refractivity contribution is 8.00. The summed E-state index contributed by atoms with van der Waals surface area (Å²) in [5.41, 5.74) is 2.70. The number of benzene rings is 1. The highest BCUT2D eigenvalue weighted by atomic mass is 32.2. The molecule has 0 saturated heterocycles. The van der Waals surface area contributed by atoms with Crippen LogP contribution in [0.5, 0.6) is 5.75 Å². The zero-order chi connectivity index (χ0) is 20.1. The van der Waals surface area contributed by atoms with Crippen LogP contribution in [0.1, 0.15) is 17.7 Å². The van der Waals surface area contributed by atoms with E-state index >= 15 is 0 Å². The predicted molar refractivity (Wildman–Crippen MR) is 111 cm³/mol. The fourth-order valence-electron chi connectivity index (χ4n) is 3.30. The van der Waals surface area contributed by atoms with Gasteiger partial charge in [0.25, 0.3) is 0 Å². The second-order valence-corrected chi connectivity index (χ2v) is 8.12. The van der Waals surface area contributed by atoms with Gasteiger partial charge in [0.1, 0.15) is 10.8 Å². The summed E-state index contributed by atoms with van der Waals surface area (Å²) in [6, 6.07) is 7.23. The summed E-state index contributed by atoms with van der Waals surface area (Å²) < 4.78 is 6.99. The molecule has 8 heteroatoms. The van der Waals surface area contributed by atoms with Crippen LogP contribution in [0.15, 0.2) is 34.1 Å². The van der Waals surface area contributed by atoms with Crippen LogP contribution in [0.2, 0.25) is 0 Å². The van der Waals surface area contributed by atoms with Crippen LogP contribution in [0, 0.1) is 0 Å². The summed E-state index contributed by atoms with van der Waals surface area (Å²) in [4.78, 5) is 30.4. The van der Waals surface area contributed by atoms with E-state index in [1.807, 2.05) is 22.8 Å². The third-order valence-corrected chi connectivity index (χ3v) is 5.75. The van der Waals surface area contributed by atoms with Crippen LogP contribution in [0.3, 0.4) is 0 Å². The molecule has 1 aromatic heterocycles. The smallest absolute Gasteiger partial charge is 0.349 e. The Morgan fingerprint density at radius 2 is 2.18 bits per heavy atom. The number of likely N-dealkylation sites (N-methyl/N-ethyl adjacent to an activating group) is 1. The van der Waals surface area contributed by atoms with Crippen molar-refractivity contribution in [3.05, 3.63) is 46.0 Å². The molecule has 2 N–H and O–H groups in total. The molecule has 0 bridgehead atoms. The third kappa shape index (κ3) is 4.94. The zero-order valence-corrected chi connectivity index (χ0v) is 17.4. The molecule has 150 valence electrons. The van der Waals surface area contributed by atoms with E-state index in [-0.39, 0.29) is 17.3 Å². The van der Waals surface area contributed by atoms with Gasteiger partial charge in [0.15, 0.2) is 0 Å². The van der Waals surface area contributed by atoms with Gasteiger partial charge in [0, 0.05) is 23.0 Å². The van der Waals surface area contributed by atoms with Gasteiger partial charge in [0.05, 0.1) is 40.0 Å². The van der Waals surface area contributed by atoms with E-state index in [4.69, 9.17) is 4.74 Å². The highest BCUT2D eigenvalue weighted by Gasteiger charge is 2.22. The van der Waals surface area contributed by atoms with Gasteiger partial charge in [0.2, 0.25) is 5.91 Å². The first-order valence-corrected chi connectivity index (χ1v) is 10.4. The monoisotopic (exact) mass is 403 g/mol. The Morgan fingerprint density at radius 1 is 1.36 bits per heavy atom. The molecule has 1 heterocycles. The van der Waals surface area contributed by atoms with Crippen LogP contribution in [-0.4, -0.2) is 49.0 Å². The minimum atomic E-state index is -0.211. The number of ether oxygens (including phenoxy) is 1. The predicted octanol–water partition coefficient (Wildman–Crippen LogP) is 0.616. The molecule has 0 spiro atoms. The number of fused-ring (bicyclic) bond motifs is 1. The van der Waals surface area contributed by atoms with Crippen molar-refractivity contribution >= 4 is 23.4 Å². The number of anilines is 1. The van der Waals surface area contributed by atoms with E-state index in [9.17, 15) is 9.59 Å². The van der Waals surface area contributed by atoms with Crippen molar-refractivity contribution in [2.24, 2.45) is 0 Å². The Hall–Kier alpha value is -2.32. The topological polar surface area (TPSA) is 77.7 Å². The van der Waals surface area contributed by atoms with E-state index in [1.54, 1.807) is 13.2 Å². The van der Waals surface area contributed by atoms with Crippen LogP contribution in [0.25, 0.3) is 0 Å². The van der Waals surface area contributed by atoms with Crippen molar-refractivity contribution in [3.63, 3.8) is 0 Å². The van der Waals surface area contributed by atoms with Crippen LogP contribution in [0.4, 0.5) is 5.69 Å². The number of thioether (sulfide) groups is 1. The first-order chi connectivity index (χ1) is 13.5. The lowest BCUT2D eigenvalue weighted by atomic mass is 10.2. The number of carbonyl (C=O) groups is 1. The molecule has 1 aliphatic rings. The number of carbonyl (C=O) groups excluding carboxylic acids is 1. The maximum atomic E-state index is 12.5. The molecule has 3 rings (SSSR count). The molecule has 0 aliphatic heterocycles. The normalized spacial score (nSPS) is 12.9. The Labute approximate surface area is 169 Å². The number of aromatic nitrogens is 2. The standard InChI is InChI=1S/C20H26N4O3S/c1-23(2)10-11-24-17-9-5-8-16(17)19(22-20(24)26)28-13-18(25)21-14-6-4-7-15(12-14)27-3/h4,6-7,12H,5,8-11,13H2,1-3H3,(H,21,25)/p+1. The van der Waals surface area contributed by atoms with E-state index < -0.39 is 0 Å². The zero-order valence-electron chi connectivity index (χ0n) is 16.6. The largest absolute Gasteiger partial charge is 0.497 e. The minimum absolute atomic E-state index is 0.132. The Balaban J connectivity index is 1.69. The maximum Gasteiger partial charge on any atom is 0.349 e. The summed E-state index contributed by atoms with van der Waals surface area (Å²) >= 11 is 1.34. The molecule has 2 aromatic rings. The average Bonchev–Trinajstić information content (AvgIpc) is 3.15. The summed E-state index contributed by atoms with van der Waals surface area (Å²) in [5, 5.41) is 3.56. The maximum absolute atomic E-state index is 12.5. The molecule has 7 nitrogen and oxygen atoms in total. The lowest BCUT2D eigenvalue weighted by molar-refractivity contribution is -0.859. The second-order valence-electron chi connectivity index (χ2n) is 7.16. The molecular formula is C20H27N4O3S+. The molecule has 0 saturated carbocycles. The molecule has 0 unspecified atom stereocenters. The van der Waals surface area contributed by atoms with E-state index in [1.165, 1.54) is 16.7 Å². The molecule has 1 aromatic carbocycles. The lowest BCUT2D eigenvalue weighted by Gasteiger charge is -2.15. The van der Waals surface area contributed by atoms with Gasteiger partial charge < -0.3 is 15.0 Å². The van der Waals surface area contributed by atoms with Gasteiger partial charge in [-0.1, -0.05) is 17.8 Å². The first kappa shape index (κ1) is 20.4. The number of amides is 1. The molecule has 28 heavy (non-hydrogen) atoms. The quantitative estimate of drug-likeness (QED) is 0.499. The molecule has 0 atom stereocenters. The SMILES string of the molecule is COc1cccc(NC(=O)CSc2nc(=O)n(CC[NH+](C)C)c3c2CCC3)c1. The van der Waals surface area contributed by atoms with Gasteiger partial charge in [-0.2, -0.15) is 4.98 Å². The molecule has 1 aliphatic carbocycles. The number of rotatable bonds is 8. The van der Waals surface area contributed by atoms with Gasteiger partial charge in [-0.3, -0.25) is 9.36 Å². The number of hydrogen-bond acceptors (Lipinski definition) is 5. The lowest BCUT2D eigenvalue weighted by Crippen LogP contribution is -3.06. The second kappa shape index (κ2) is 9.25. The van der Waals surface area contributed by atoms with Crippen molar-refractivity contribution < 1.29 is 14.4 Å². The Kier molecular flexibility index (Phi) is 6.74. The highest BCUT2D eigenvalue weighted by Crippen LogP contribution is 2.29. The van der Waals surface area contributed by atoms with E-state index in [2.05, 4.69) is 24.4 Å². The number of nitrogens with one attached hydrogen (secondary N) is 2. The third-order valence-electron chi connectivity index (χ3n) is 4.73. The molecule has 1 amide bonds. The summed E-state index contributed by atoms with van der Waals surface area (Å²) in [5.74, 6) is 0.766. The van der Waals surface area contributed by atoms with Crippen molar-refractivity contribution in [2.75, 3.05) is 38.8 Å².